The minimum atomic E-state index is 0.724. The molecule has 4 heterocycles. The minimum absolute atomic E-state index is 0.724. The normalized spacial score (nSPS) is 14.6. The van der Waals surface area contributed by atoms with Crippen molar-refractivity contribution in [3.05, 3.63) is 72.2 Å². The van der Waals surface area contributed by atoms with Crippen molar-refractivity contribution in [2.24, 2.45) is 0 Å². The van der Waals surface area contributed by atoms with Gasteiger partial charge in [0.15, 0.2) is 5.16 Å². The van der Waals surface area contributed by atoms with Gasteiger partial charge in [-0.3, -0.25) is 4.57 Å². The maximum atomic E-state index is 5.51. The Labute approximate surface area is 173 Å². The van der Waals surface area contributed by atoms with Crippen LogP contribution in [0.1, 0.15) is 11.3 Å². The molecular formula is C21H22N6OS. The molecule has 0 atom stereocenters. The highest BCUT2D eigenvalue weighted by Crippen LogP contribution is 2.26. The van der Waals surface area contributed by atoms with Gasteiger partial charge in [-0.1, -0.05) is 48.2 Å². The van der Waals surface area contributed by atoms with Gasteiger partial charge in [-0.25, -0.2) is 4.98 Å². The summed E-state index contributed by atoms with van der Waals surface area (Å²) in [6, 6.07) is 16.5. The summed E-state index contributed by atoms with van der Waals surface area (Å²) in [6.07, 6.45) is 4.09. The molecule has 0 bridgehead atoms. The van der Waals surface area contributed by atoms with Gasteiger partial charge in [-0.2, -0.15) is 0 Å². The van der Waals surface area contributed by atoms with Crippen LogP contribution in [0.25, 0.3) is 5.65 Å². The summed E-state index contributed by atoms with van der Waals surface area (Å²) in [7, 11) is 0. The molecule has 0 radical (unpaired) electrons. The molecular weight excluding hydrogens is 384 g/mol. The van der Waals surface area contributed by atoms with E-state index in [1.165, 1.54) is 5.56 Å². The van der Waals surface area contributed by atoms with Crippen LogP contribution in [0.3, 0.4) is 0 Å². The van der Waals surface area contributed by atoms with Crippen molar-refractivity contribution in [2.45, 2.75) is 17.5 Å². The van der Waals surface area contributed by atoms with Gasteiger partial charge < -0.3 is 14.0 Å². The van der Waals surface area contributed by atoms with Crippen molar-refractivity contribution in [3.8, 4) is 0 Å². The molecule has 7 nitrogen and oxygen atoms in total. The maximum absolute atomic E-state index is 5.51. The van der Waals surface area contributed by atoms with Crippen molar-refractivity contribution in [1.82, 2.24) is 24.1 Å². The lowest BCUT2D eigenvalue weighted by Crippen LogP contribution is -2.38. The second-order valence-corrected chi connectivity index (χ2v) is 7.88. The second kappa shape index (κ2) is 8.26. The number of imidazole rings is 1. The first kappa shape index (κ1) is 18.2. The number of rotatable bonds is 6. The molecule has 1 aliphatic rings. The van der Waals surface area contributed by atoms with E-state index in [2.05, 4.69) is 50.1 Å². The van der Waals surface area contributed by atoms with E-state index in [1.54, 1.807) is 11.8 Å². The minimum Gasteiger partial charge on any atom is -0.378 e. The van der Waals surface area contributed by atoms with Crippen LogP contribution in [0.15, 0.2) is 66.1 Å². The topological polar surface area (TPSA) is 60.5 Å². The van der Waals surface area contributed by atoms with Gasteiger partial charge in [0.1, 0.15) is 5.65 Å². The van der Waals surface area contributed by atoms with Crippen LogP contribution in [0.4, 0.5) is 5.95 Å². The SMILES string of the molecule is c1ccc(Cn2c(SCc3cn4ccccc4n3)nnc2N2CCOCC2)cc1. The van der Waals surface area contributed by atoms with E-state index in [4.69, 9.17) is 9.72 Å². The van der Waals surface area contributed by atoms with E-state index in [0.717, 1.165) is 61.0 Å². The van der Waals surface area contributed by atoms with Crippen LogP contribution in [-0.4, -0.2) is 50.5 Å². The summed E-state index contributed by atoms with van der Waals surface area (Å²) in [5, 5.41) is 9.95. The highest BCUT2D eigenvalue weighted by Gasteiger charge is 2.21. The Morgan fingerprint density at radius 3 is 2.62 bits per heavy atom. The predicted octanol–water partition coefficient (Wildman–Crippen LogP) is 3.10. The standard InChI is InChI=1S/C21H22N6OS/c1-2-6-17(7-3-1)14-27-20(25-10-12-28-13-11-25)23-24-21(27)29-16-18-15-26-9-5-4-8-19(26)22-18/h1-9,15H,10-14,16H2. The number of benzene rings is 1. The summed E-state index contributed by atoms with van der Waals surface area (Å²) >= 11 is 1.68. The van der Waals surface area contributed by atoms with Crippen molar-refractivity contribution < 1.29 is 4.74 Å². The van der Waals surface area contributed by atoms with Crippen LogP contribution in [0.5, 0.6) is 0 Å². The number of morpholine rings is 1. The quantitative estimate of drug-likeness (QED) is 0.459. The van der Waals surface area contributed by atoms with E-state index in [0.29, 0.717) is 0 Å². The van der Waals surface area contributed by atoms with Crippen LogP contribution >= 0.6 is 11.8 Å². The number of aromatic nitrogens is 5. The molecule has 1 saturated heterocycles. The number of fused-ring (bicyclic) bond motifs is 1. The number of thioether (sulfide) groups is 1. The zero-order valence-electron chi connectivity index (χ0n) is 16.0. The smallest absolute Gasteiger partial charge is 0.228 e. The molecule has 148 valence electrons. The first-order chi connectivity index (χ1) is 14.4. The number of pyridine rings is 1. The fourth-order valence-electron chi connectivity index (χ4n) is 3.48. The number of anilines is 1. The lowest BCUT2D eigenvalue weighted by atomic mass is 10.2. The van der Waals surface area contributed by atoms with E-state index in [-0.39, 0.29) is 0 Å². The van der Waals surface area contributed by atoms with Gasteiger partial charge in [0.2, 0.25) is 5.95 Å². The monoisotopic (exact) mass is 406 g/mol. The average Bonchev–Trinajstić information content (AvgIpc) is 3.37. The van der Waals surface area contributed by atoms with Crippen LogP contribution in [0.2, 0.25) is 0 Å². The van der Waals surface area contributed by atoms with E-state index in [9.17, 15) is 0 Å². The number of hydrogen-bond acceptors (Lipinski definition) is 6. The summed E-state index contributed by atoms with van der Waals surface area (Å²) in [4.78, 5) is 6.95. The van der Waals surface area contributed by atoms with Crippen LogP contribution < -0.4 is 4.90 Å². The molecule has 1 aliphatic heterocycles. The number of nitrogens with zero attached hydrogens (tertiary/aromatic N) is 6. The zero-order valence-corrected chi connectivity index (χ0v) is 16.8. The Balaban J connectivity index is 1.41. The van der Waals surface area contributed by atoms with Crippen LogP contribution in [0, 0.1) is 0 Å². The molecule has 29 heavy (non-hydrogen) atoms. The van der Waals surface area contributed by atoms with E-state index in [1.807, 2.05) is 34.9 Å². The maximum Gasteiger partial charge on any atom is 0.228 e. The Hall–Kier alpha value is -2.84. The number of hydrogen-bond donors (Lipinski definition) is 0. The lowest BCUT2D eigenvalue weighted by molar-refractivity contribution is 0.121. The van der Waals surface area contributed by atoms with Crippen molar-refractivity contribution >= 4 is 23.4 Å². The highest BCUT2D eigenvalue weighted by molar-refractivity contribution is 7.98. The second-order valence-electron chi connectivity index (χ2n) is 6.94. The Kier molecular flexibility index (Phi) is 5.19. The highest BCUT2D eigenvalue weighted by atomic mass is 32.2. The average molecular weight is 407 g/mol. The Bertz CT molecular complexity index is 1050. The fraction of sp³-hybridized carbons (Fsp3) is 0.286. The van der Waals surface area contributed by atoms with Crippen LogP contribution in [-0.2, 0) is 17.0 Å². The molecule has 5 rings (SSSR count). The van der Waals surface area contributed by atoms with Crippen molar-refractivity contribution in [3.63, 3.8) is 0 Å². The van der Waals surface area contributed by atoms with Gasteiger partial charge in [-0.05, 0) is 17.7 Å². The first-order valence-corrected chi connectivity index (χ1v) is 10.7. The molecule has 0 aliphatic carbocycles. The first-order valence-electron chi connectivity index (χ1n) is 9.72. The third-order valence-corrected chi connectivity index (χ3v) is 5.94. The fourth-order valence-corrected chi connectivity index (χ4v) is 4.30. The molecule has 1 aromatic carbocycles. The third kappa shape index (κ3) is 3.99. The summed E-state index contributed by atoms with van der Waals surface area (Å²) < 4.78 is 9.76. The van der Waals surface area contributed by atoms with E-state index >= 15 is 0 Å². The zero-order chi connectivity index (χ0) is 19.5. The molecule has 8 heteroatoms. The number of ether oxygens (including phenoxy) is 1. The molecule has 1 fully saturated rings. The third-order valence-electron chi connectivity index (χ3n) is 4.94. The van der Waals surface area contributed by atoms with Crippen molar-refractivity contribution in [1.29, 1.82) is 0 Å². The Morgan fingerprint density at radius 2 is 1.79 bits per heavy atom. The largest absolute Gasteiger partial charge is 0.378 e. The molecule has 0 unspecified atom stereocenters. The van der Waals surface area contributed by atoms with Crippen molar-refractivity contribution in [2.75, 3.05) is 31.2 Å². The molecule has 4 aromatic rings. The van der Waals surface area contributed by atoms with Gasteiger partial charge >= 0.3 is 0 Å². The van der Waals surface area contributed by atoms with Gasteiger partial charge in [0.25, 0.3) is 0 Å². The van der Waals surface area contributed by atoms with Gasteiger partial charge in [-0.15, -0.1) is 10.2 Å². The lowest BCUT2D eigenvalue weighted by Gasteiger charge is -2.28. The summed E-state index contributed by atoms with van der Waals surface area (Å²) in [5.74, 6) is 1.66. The van der Waals surface area contributed by atoms with Gasteiger partial charge in [0.05, 0.1) is 25.5 Å². The van der Waals surface area contributed by atoms with Gasteiger partial charge in [0, 0.05) is 31.2 Å². The molecule has 0 amide bonds. The molecule has 0 saturated carbocycles. The van der Waals surface area contributed by atoms with E-state index < -0.39 is 0 Å². The molecule has 0 N–H and O–H groups in total. The summed E-state index contributed by atoms with van der Waals surface area (Å²) in [6.45, 7) is 3.87. The molecule has 0 spiro atoms. The predicted molar refractivity (Wildman–Crippen MR) is 113 cm³/mol. The Morgan fingerprint density at radius 1 is 0.966 bits per heavy atom. The summed E-state index contributed by atoms with van der Waals surface area (Å²) in [5.41, 5.74) is 3.22. The molecule has 3 aromatic heterocycles.